The van der Waals surface area contributed by atoms with Crippen LogP contribution in [0.4, 0.5) is 11.4 Å². The summed E-state index contributed by atoms with van der Waals surface area (Å²) in [6.07, 6.45) is 8.42. The fourth-order valence-electron chi connectivity index (χ4n) is 6.87. The molecule has 208 valence electrons. The molecule has 4 aromatic rings. The highest BCUT2D eigenvalue weighted by Gasteiger charge is 2.44. The number of hydrogen-bond donors (Lipinski definition) is 1. The Morgan fingerprint density at radius 1 is 0.854 bits per heavy atom. The van der Waals surface area contributed by atoms with Crippen molar-refractivity contribution in [1.29, 1.82) is 0 Å². The second-order valence-corrected chi connectivity index (χ2v) is 12.1. The first-order valence-electron chi connectivity index (χ1n) is 14.4. The average molecular weight is 544 g/mol. The fraction of sp³-hybridized carbons (Fsp3) is 0.270. The minimum atomic E-state index is -0.165. The van der Waals surface area contributed by atoms with Crippen molar-refractivity contribution >= 4 is 38.6 Å². The van der Waals surface area contributed by atoms with Crippen molar-refractivity contribution in [3.8, 4) is 0 Å². The van der Waals surface area contributed by atoms with Crippen LogP contribution in [0.15, 0.2) is 109 Å². The minimum Gasteiger partial charge on any atom is -0.491 e. The van der Waals surface area contributed by atoms with E-state index in [9.17, 15) is 5.11 Å². The van der Waals surface area contributed by atoms with Gasteiger partial charge in [-0.05, 0) is 54.5 Å². The predicted molar refractivity (Wildman–Crippen MR) is 172 cm³/mol. The maximum atomic E-state index is 9.55. The third-order valence-electron chi connectivity index (χ3n) is 8.99. The lowest BCUT2D eigenvalue weighted by Gasteiger charge is -2.23. The number of benzene rings is 4. The third-order valence-corrected chi connectivity index (χ3v) is 8.99. The minimum absolute atomic E-state index is 0.0377. The summed E-state index contributed by atoms with van der Waals surface area (Å²) in [5, 5.41) is 14.6. The molecule has 4 nitrogen and oxygen atoms in total. The second kappa shape index (κ2) is 10.0. The second-order valence-electron chi connectivity index (χ2n) is 12.1. The van der Waals surface area contributed by atoms with E-state index in [1.54, 1.807) is 0 Å². The van der Waals surface area contributed by atoms with Crippen LogP contribution in [0.25, 0.3) is 21.5 Å². The van der Waals surface area contributed by atoms with Crippen molar-refractivity contribution in [2.45, 2.75) is 38.5 Å². The van der Waals surface area contributed by atoms with Gasteiger partial charge in [-0.25, -0.2) is 0 Å². The summed E-state index contributed by atoms with van der Waals surface area (Å²) in [6, 6.07) is 26.1. The normalized spacial score (nSPS) is 18.7. The van der Waals surface area contributed by atoms with E-state index < -0.39 is 0 Å². The number of aliphatic hydroxyl groups is 1. The summed E-state index contributed by atoms with van der Waals surface area (Å²) in [4.78, 5) is 2.31. The van der Waals surface area contributed by atoms with Crippen LogP contribution in [0.1, 0.15) is 38.8 Å². The van der Waals surface area contributed by atoms with Crippen LogP contribution in [-0.2, 0) is 15.6 Å². The van der Waals surface area contributed by atoms with E-state index in [1.807, 2.05) is 12.2 Å². The van der Waals surface area contributed by atoms with Crippen LogP contribution >= 0.6 is 0 Å². The number of nitrogens with zero attached hydrogens (tertiary/aromatic N) is 2. The number of ether oxygens (including phenoxy) is 1. The van der Waals surface area contributed by atoms with Crippen molar-refractivity contribution in [3.63, 3.8) is 0 Å². The van der Waals surface area contributed by atoms with Gasteiger partial charge < -0.3 is 14.7 Å². The zero-order valence-corrected chi connectivity index (χ0v) is 24.9. The van der Waals surface area contributed by atoms with Gasteiger partial charge in [-0.2, -0.15) is 4.58 Å². The summed E-state index contributed by atoms with van der Waals surface area (Å²) in [5.74, 6) is 0.717. The van der Waals surface area contributed by atoms with Gasteiger partial charge in [0.2, 0.25) is 5.69 Å². The zero-order chi connectivity index (χ0) is 28.9. The van der Waals surface area contributed by atoms with Gasteiger partial charge >= 0.3 is 0 Å². The number of rotatable bonds is 6. The largest absolute Gasteiger partial charge is 0.491 e. The van der Waals surface area contributed by atoms with Gasteiger partial charge in [-0.15, -0.1) is 0 Å². The number of likely N-dealkylation sites (N-methyl/N-ethyl adjacent to an activating group) is 1. The number of anilines is 1. The number of fused-ring (bicyclic) bond motifs is 6. The molecule has 0 radical (unpaired) electrons. The lowest BCUT2D eigenvalue weighted by atomic mass is 9.80. The molecular formula is C37H39N2O2+. The van der Waals surface area contributed by atoms with Gasteiger partial charge in [0, 0.05) is 35.2 Å². The first kappa shape index (κ1) is 27.0. The summed E-state index contributed by atoms with van der Waals surface area (Å²) in [7, 11) is 4.30. The predicted octanol–water partition coefficient (Wildman–Crippen LogP) is 7.76. The lowest BCUT2D eigenvalue weighted by molar-refractivity contribution is -0.399. The van der Waals surface area contributed by atoms with Crippen LogP contribution in [0, 0.1) is 0 Å². The molecule has 2 aliphatic heterocycles. The van der Waals surface area contributed by atoms with E-state index in [0.29, 0.717) is 5.76 Å². The average Bonchev–Trinajstić information content (AvgIpc) is 3.29. The maximum Gasteiger partial charge on any atom is 0.217 e. The van der Waals surface area contributed by atoms with Gasteiger partial charge in [0.25, 0.3) is 0 Å². The van der Waals surface area contributed by atoms with Crippen LogP contribution in [0.3, 0.4) is 0 Å². The Morgan fingerprint density at radius 2 is 1.49 bits per heavy atom. The van der Waals surface area contributed by atoms with Crippen molar-refractivity contribution in [2.75, 3.05) is 32.2 Å². The molecule has 1 N–H and O–H groups in total. The molecule has 0 saturated carbocycles. The van der Waals surface area contributed by atoms with Crippen molar-refractivity contribution in [2.24, 2.45) is 0 Å². The molecule has 6 rings (SSSR count). The molecule has 0 saturated heterocycles. The number of allylic oxidation sites excluding steroid dienone is 5. The summed E-state index contributed by atoms with van der Waals surface area (Å²) in [6.45, 7) is 9.32. The molecule has 41 heavy (non-hydrogen) atoms. The van der Waals surface area contributed by atoms with Crippen LogP contribution in [0.2, 0.25) is 0 Å². The fourth-order valence-corrected chi connectivity index (χ4v) is 6.87. The van der Waals surface area contributed by atoms with E-state index in [0.717, 1.165) is 0 Å². The summed E-state index contributed by atoms with van der Waals surface area (Å²) >= 11 is 0. The van der Waals surface area contributed by atoms with Gasteiger partial charge in [0.15, 0.2) is 5.71 Å². The molecule has 0 aliphatic carbocycles. The van der Waals surface area contributed by atoms with E-state index in [-0.39, 0.29) is 24.0 Å². The Kier molecular flexibility index (Phi) is 6.62. The highest BCUT2D eigenvalue weighted by Crippen LogP contribution is 2.50. The van der Waals surface area contributed by atoms with Gasteiger partial charge in [-0.3, -0.25) is 0 Å². The smallest absolute Gasteiger partial charge is 0.217 e. The molecule has 0 bridgehead atoms. The molecular weight excluding hydrogens is 504 g/mol. The Balaban J connectivity index is 1.39. The molecule has 0 fully saturated rings. The summed E-state index contributed by atoms with van der Waals surface area (Å²) < 4.78 is 8.35. The Bertz CT molecular complexity index is 1800. The van der Waals surface area contributed by atoms with Crippen LogP contribution in [-0.4, -0.2) is 42.7 Å². The first-order valence-corrected chi connectivity index (χ1v) is 14.4. The van der Waals surface area contributed by atoms with E-state index in [2.05, 4.69) is 136 Å². The Hall–Kier alpha value is -4.15. The monoisotopic (exact) mass is 543 g/mol. The molecule has 0 atom stereocenters. The molecule has 4 heteroatoms. The van der Waals surface area contributed by atoms with Crippen LogP contribution < -0.4 is 4.90 Å². The summed E-state index contributed by atoms with van der Waals surface area (Å²) in [5.41, 5.74) is 7.23. The Labute approximate surface area is 243 Å². The van der Waals surface area contributed by atoms with E-state index >= 15 is 0 Å². The Morgan fingerprint density at radius 3 is 2.20 bits per heavy atom. The van der Waals surface area contributed by atoms with E-state index in [1.165, 1.54) is 55.5 Å². The topological polar surface area (TPSA) is 35.7 Å². The van der Waals surface area contributed by atoms with Crippen molar-refractivity contribution in [3.05, 3.63) is 120 Å². The standard InChI is InChI=1S/C37H39N2O2/c1-36(2)30-19-15-25-11-7-9-13-28(25)34(30)38(5)32(36)21-17-27(41-24-23-40)18-22-33-37(3,4)31-20-16-26-12-8-10-14-29(26)35(31)39(33)6/h7-22,40H,23-24H2,1-6H3/q+1. The quantitative estimate of drug-likeness (QED) is 0.153. The van der Waals surface area contributed by atoms with E-state index in [4.69, 9.17) is 4.74 Å². The maximum absolute atomic E-state index is 9.55. The highest BCUT2D eigenvalue weighted by atomic mass is 16.5. The third kappa shape index (κ3) is 4.29. The van der Waals surface area contributed by atoms with Gasteiger partial charge in [0.1, 0.15) is 19.4 Å². The molecule has 2 heterocycles. The lowest BCUT2D eigenvalue weighted by Crippen LogP contribution is -2.26. The SMILES string of the molecule is CN1/C(=C/C=C(/C=C\C2=[N+](C)c3c(ccc4ccccc34)C2(C)C)OCCO)C(C)(C)c2ccc3ccccc3c21. The first-order chi connectivity index (χ1) is 19.7. The van der Waals surface area contributed by atoms with Gasteiger partial charge in [-0.1, -0.05) is 80.6 Å². The van der Waals surface area contributed by atoms with Gasteiger partial charge in [0.05, 0.1) is 23.1 Å². The highest BCUT2D eigenvalue weighted by molar-refractivity contribution is 6.07. The molecule has 0 spiro atoms. The van der Waals surface area contributed by atoms with Crippen molar-refractivity contribution < 1.29 is 14.4 Å². The number of hydrogen-bond acceptors (Lipinski definition) is 3. The molecule has 2 aliphatic rings. The zero-order valence-electron chi connectivity index (χ0n) is 24.9. The molecule has 0 aromatic heterocycles. The van der Waals surface area contributed by atoms with Crippen LogP contribution in [0.5, 0.6) is 0 Å². The molecule has 0 amide bonds. The number of aliphatic hydroxyl groups excluding tert-OH is 1. The van der Waals surface area contributed by atoms with Crippen molar-refractivity contribution in [1.82, 2.24) is 0 Å². The molecule has 0 unspecified atom stereocenters. The molecule has 4 aromatic carbocycles.